The topological polar surface area (TPSA) is 72.0 Å². The first kappa shape index (κ1) is 18.2. The fraction of sp³-hybridized carbons (Fsp3) is 0.176. The van der Waals surface area contributed by atoms with Crippen LogP contribution in [0.25, 0.3) is 0 Å². The number of ether oxygens (including phenoxy) is 2. The molecule has 0 unspecified atom stereocenters. The van der Waals surface area contributed by atoms with Gasteiger partial charge in [0.1, 0.15) is 11.5 Å². The molecule has 0 spiro atoms. The molecule has 0 radical (unpaired) electrons. The number of hydrogen-bond acceptors (Lipinski definition) is 5. The van der Waals surface area contributed by atoms with Crippen LogP contribution in [0.15, 0.2) is 53.6 Å². The van der Waals surface area contributed by atoms with Crippen molar-refractivity contribution in [1.29, 1.82) is 0 Å². The van der Waals surface area contributed by atoms with Crippen LogP contribution in [0.3, 0.4) is 0 Å². The van der Waals surface area contributed by atoms with Gasteiger partial charge in [0.05, 0.1) is 19.9 Å². The summed E-state index contributed by atoms with van der Waals surface area (Å²) in [5, 5.41) is 6.74. The van der Waals surface area contributed by atoms with Gasteiger partial charge in [0.25, 0.3) is 5.91 Å². The number of benzene rings is 2. The van der Waals surface area contributed by atoms with Crippen molar-refractivity contribution in [1.82, 2.24) is 5.43 Å². The van der Waals surface area contributed by atoms with Crippen molar-refractivity contribution < 1.29 is 23.0 Å². The maximum Gasteiger partial charge on any atom is 0.387 e. The number of hydrazone groups is 1. The van der Waals surface area contributed by atoms with Gasteiger partial charge in [0, 0.05) is 5.69 Å². The summed E-state index contributed by atoms with van der Waals surface area (Å²) in [7, 11) is 1.58. The van der Waals surface area contributed by atoms with Gasteiger partial charge in [-0.05, 0) is 54.1 Å². The first-order valence-electron chi connectivity index (χ1n) is 7.31. The van der Waals surface area contributed by atoms with E-state index in [0.29, 0.717) is 5.56 Å². The van der Waals surface area contributed by atoms with Gasteiger partial charge >= 0.3 is 6.61 Å². The van der Waals surface area contributed by atoms with E-state index in [1.54, 1.807) is 43.5 Å². The number of hydrogen-bond donors (Lipinski definition) is 2. The molecule has 0 aliphatic heterocycles. The van der Waals surface area contributed by atoms with Crippen molar-refractivity contribution >= 4 is 17.8 Å². The van der Waals surface area contributed by atoms with E-state index >= 15 is 0 Å². The number of halogens is 2. The zero-order valence-electron chi connectivity index (χ0n) is 13.4. The minimum Gasteiger partial charge on any atom is -0.497 e. The van der Waals surface area contributed by atoms with Crippen molar-refractivity contribution in [2.45, 2.75) is 6.61 Å². The lowest BCUT2D eigenvalue weighted by atomic mass is 10.2. The SMILES string of the molecule is COc1ccc(NCC(=O)N/N=C\c2ccc(OC(F)F)cc2)cc1. The van der Waals surface area contributed by atoms with Gasteiger partial charge in [0.2, 0.25) is 0 Å². The molecule has 25 heavy (non-hydrogen) atoms. The molecule has 0 heterocycles. The number of carbonyl (C=O) groups excluding carboxylic acids is 1. The third kappa shape index (κ3) is 6.46. The van der Waals surface area contributed by atoms with Gasteiger partial charge in [-0.15, -0.1) is 0 Å². The molecule has 6 nitrogen and oxygen atoms in total. The van der Waals surface area contributed by atoms with Crippen LogP contribution in [-0.4, -0.2) is 32.4 Å². The van der Waals surface area contributed by atoms with E-state index in [2.05, 4.69) is 20.6 Å². The van der Waals surface area contributed by atoms with Crippen LogP contribution in [0.4, 0.5) is 14.5 Å². The molecule has 2 aromatic carbocycles. The van der Waals surface area contributed by atoms with Crippen LogP contribution < -0.4 is 20.2 Å². The lowest BCUT2D eigenvalue weighted by Gasteiger charge is -2.06. The quantitative estimate of drug-likeness (QED) is 0.568. The highest BCUT2D eigenvalue weighted by atomic mass is 19.3. The average molecular weight is 349 g/mol. The first-order valence-corrected chi connectivity index (χ1v) is 7.31. The summed E-state index contributed by atoms with van der Waals surface area (Å²) in [6.45, 7) is -2.82. The molecule has 0 saturated carbocycles. The highest BCUT2D eigenvalue weighted by Gasteiger charge is 2.03. The standard InChI is InChI=1S/C17H17F2N3O3/c1-24-14-8-4-13(5-9-14)20-11-16(23)22-21-10-12-2-6-15(7-3-12)25-17(18)19/h2-10,17,20H,11H2,1H3,(H,22,23)/b21-10-. The van der Waals surface area contributed by atoms with Crippen LogP contribution in [0, 0.1) is 0 Å². The summed E-state index contributed by atoms with van der Waals surface area (Å²) in [6, 6.07) is 13.0. The highest BCUT2D eigenvalue weighted by Crippen LogP contribution is 2.15. The smallest absolute Gasteiger partial charge is 0.387 e. The molecule has 0 bridgehead atoms. The van der Waals surface area contributed by atoms with Crippen molar-refractivity contribution in [3.05, 3.63) is 54.1 Å². The van der Waals surface area contributed by atoms with Crippen molar-refractivity contribution in [3.63, 3.8) is 0 Å². The summed E-state index contributed by atoms with van der Waals surface area (Å²) >= 11 is 0. The second kappa shape index (κ2) is 9.21. The van der Waals surface area contributed by atoms with E-state index in [1.165, 1.54) is 18.3 Å². The number of rotatable bonds is 8. The number of amides is 1. The third-order valence-corrected chi connectivity index (χ3v) is 3.05. The molecule has 0 fully saturated rings. The van der Waals surface area contributed by atoms with Gasteiger partial charge in [-0.3, -0.25) is 4.79 Å². The first-order chi connectivity index (χ1) is 12.1. The molecule has 0 aliphatic carbocycles. The molecule has 2 rings (SSSR count). The molecule has 0 atom stereocenters. The summed E-state index contributed by atoms with van der Waals surface area (Å²) in [5.41, 5.74) is 3.77. The molecular formula is C17H17F2N3O3. The predicted octanol–water partition coefficient (Wildman–Crippen LogP) is 2.86. The number of nitrogens with zero attached hydrogens (tertiary/aromatic N) is 1. The van der Waals surface area contributed by atoms with Crippen LogP contribution in [0.1, 0.15) is 5.56 Å². The van der Waals surface area contributed by atoms with Crippen LogP contribution in [-0.2, 0) is 4.79 Å². The molecule has 2 aromatic rings. The number of carbonyl (C=O) groups is 1. The number of anilines is 1. The van der Waals surface area contributed by atoms with E-state index < -0.39 is 6.61 Å². The Morgan fingerprint density at radius 2 is 1.76 bits per heavy atom. The van der Waals surface area contributed by atoms with Crippen molar-refractivity contribution in [2.75, 3.05) is 19.0 Å². The normalized spacial score (nSPS) is 10.7. The minimum absolute atomic E-state index is 0.0465. The number of nitrogens with one attached hydrogen (secondary N) is 2. The monoisotopic (exact) mass is 349 g/mol. The lowest BCUT2D eigenvalue weighted by molar-refractivity contribution is -0.119. The van der Waals surface area contributed by atoms with Crippen LogP contribution >= 0.6 is 0 Å². The molecular weight excluding hydrogens is 332 g/mol. The largest absolute Gasteiger partial charge is 0.497 e. The number of alkyl halides is 2. The van der Waals surface area contributed by atoms with Crippen molar-refractivity contribution in [2.24, 2.45) is 5.10 Å². The third-order valence-electron chi connectivity index (χ3n) is 3.05. The Hall–Kier alpha value is -3.16. The summed E-state index contributed by atoms with van der Waals surface area (Å²) in [5.74, 6) is 0.453. The maximum absolute atomic E-state index is 12.0. The van der Waals surface area contributed by atoms with E-state index in [9.17, 15) is 13.6 Å². The van der Waals surface area contributed by atoms with Gasteiger partial charge < -0.3 is 14.8 Å². The van der Waals surface area contributed by atoms with Gasteiger partial charge in [0.15, 0.2) is 0 Å². The molecule has 1 amide bonds. The zero-order chi connectivity index (χ0) is 18.1. The summed E-state index contributed by atoms with van der Waals surface area (Å²) in [6.07, 6.45) is 1.40. The Morgan fingerprint density at radius 1 is 1.12 bits per heavy atom. The molecule has 8 heteroatoms. The van der Waals surface area contributed by atoms with Gasteiger partial charge in [-0.1, -0.05) is 0 Å². The second-order valence-corrected chi connectivity index (χ2v) is 4.82. The Bertz CT molecular complexity index is 704. The fourth-order valence-corrected chi connectivity index (χ4v) is 1.84. The highest BCUT2D eigenvalue weighted by molar-refractivity contribution is 5.84. The van der Waals surface area contributed by atoms with Crippen LogP contribution in [0.2, 0.25) is 0 Å². The molecule has 0 aromatic heterocycles. The Labute approximate surface area is 143 Å². The molecule has 2 N–H and O–H groups in total. The minimum atomic E-state index is -2.86. The fourth-order valence-electron chi connectivity index (χ4n) is 1.84. The zero-order valence-corrected chi connectivity index (χ0v) is 13.4. The average Bonchev–Trinajstić information content (AvgIpc) is 2.61. The predicted molar refractivity (Wildman–Crippen MR) is 90.3 cm³/mol. The van der Waals surface area contributed by atoms with Gasteiger partial charge in [-0.2, -0.15) is 13.9 Å². The summed E-state index contributed by atoms with van der Waals surface area (Å²) in [4.78, 5) is 11.7. The van der Waals surface area contributed by atoms with E-state index in [-0.39, 0.29) is 18.2 Å². The number of methoxy groups -OCH3 is 1. The Balaban J connectivity index is 1.75. The lowest BCUT2D eigenvalue weighted by Crippen LogP contribution is -2.25. The molecule has 0 aliphatic rings. The molecule has 0 saturated heterocycles. The summed E-state index contributed by atoms with van der Waals surface area (Å²) < 4.78 is 33.4. The van der Waals surface area contributed by atoms with E-state index in [0.717, 1.165) is 11.4 Å². The Kier molecular flexibility index (Phi) is 6.70. The molecule has 132 valence electrons. The van der Waals surface area contributed by atoms with E-state index in [1.807, 2.05) is 0 Å². The maximum atomic E-state index is 12.0. The second-order valence-electron chi connectivity index (χ2n) is 4.82. The van der Waals surface area contributed by atoms with E-state index in [4.69, 9.17) is 4.74 Å². The van der Waals surface area contributed by atoms with Crippen molar-refractivity contribution in [3.8, 4) is 11.5 Å². The van der Waals surface area contributed by atoms with Crippen LogP contribution in [0.5, 0.6) is 11.5 Å². The Morgan fingerprint density at radius 3 is 2.36 bits per heavy atom. The van der Waals surface area contributed by atoms with Gasteiger partial charge in [-0.25, -0.2) is 5.43 Å².